The van der Waals surface area contributed by atoms with Crippen molar-refractivity contribution in [1.82, 2.24) is 5.32 Å². The summed E-state index contributed by atoms with van der Waals surface area (Å²) >= 11 is 0. The van der Waals surface area contributed by atoms with Crippen LogP contribution < -0.4 is 5.32 Å². The van der Waals surface area contributed by atoms with Crippen LogP contribution in [-0.4, -0.2) is 11.7 Å². The molecule has 0 bridgehead atoms. The number of para-hydroxylation sites is 1. The summed E-state index contributed by atoms with van der Waals surface area (Å²) in [6.45, 7) is 0. The number of amidine groups is 2. The van der Waals surface area contributed by atoms with Crippen LogP contribution in [0.15, 0.2) is 178 Å². The number of hydrogen-bond donors (Lipinski definition) is 1. The van der Waals surface area contributed by atoms with E-state index in [4.69, 9.17) is 14.4 Å². The third kappa shape index (κ3) is 4.61. The fourth-order valence-corrected chi connectivity index (χ4v) is 7.29. The predicted molar refractivity (Wildman–Crippen MR) is 204 cm³/mol. The quantitative estimate of drug-likeness (QED) is 0.197. The Kier molecular flexibility index (Phi) is 6.21. The molecule has 1 aliphatic heterocycles. The summed E-state index contributed by atoms with van der Waals surface area (Å²) in [5.74, 6) is 1.46. The summed E-state index contributed by atoms with van der Waals surface area (Å²) in [7, 11) is 0. The van der Waals surface area contributed by atoms with Crippen molar-refractivity contribution in [3.05, 3.63) is 180 Å². The highest BCUT2D eigenvalue weighted by Crippen LogP contribution is 2.39. The molecule has 1 atom stereocenters. The van der Waals surface area contributed by atoms with Crippen LogP contribution in [0.4, 0.5) is 0 Å². The van der Waals surface area contributed by atoms with Gasteiger partial charge in [-0.25, -0.2) is 9.98 Å². The Balaban J connectivity index is 1.16. The van der Waals surface area contributed by atoms with Crippen LogP contribution in [0.2, 0.25) is 0 Å². The van der Waals surface area contributed by atoms with Crippen molar-refractivity contribution < 1.29 is 4.42 Å². The molecule has 0 aliphatic carbocycles. The van der Waals surface area contributed by atoms with Gasteiger partial charge in [0.25, 0.3) is 0 Å². The molecule has 1 aliphatic rings. The molecule has 10 rings (SSSR count). The van der Waals surface area contributed by atoms with Gasteiger partial charge in [0.1, 0.15) is 23.2 Å². The van der Waals surface area contributed by atoms with Crippen LogP contribution in [0.1, 0.15) is 22.9 Å². The standard InChI is InChI=1S/C45H29N3O/c1-2-12-31(13-3-1)43-46-44(34-25-20-28-10-4-5-14-32(28)26-34)48-45(47-43)38-18-9-19-40-41(38)37-17-8-16-36(42(37)49-40)33-24-23-30-22-21-29-11-6-7-15-35(29)39(30)27-33/h1-27,44H,(H,46,47,48). The van der Waals surface area contributed by atoms with Crippen LogP contribution in [0.25, 0.3) is 65.4 Å². The Morgan fingerprint density at radius 3 is 2.08 bits per heavy atom. The van der Waals surface area contributed by atoms with Gasteiger partial charge in [-0.3, -0.25) is 0 Å². The molecule has 2 heterocycles. The first-order chi connectivity index (χ1) is 24.3. The maximum absolute atomic E-state index is 6.72. The number of benzene rings is 8. The fourth-order valence-electron chi connectivity index (χ4n) is 7.29. The zero-order valence-electron chi connectivity index (χ0n) is 26.5. The number of nitrogens with zero attached hydrogens (tertiary/aromatic N) is 2. The fraction of sp³-hybridized carbons (Fsp3) is 0.0222. The average Bonchev–Trinajstić information content (AvgIpc) is 3.57. The molecular formula is C45H29N3O. The van der Waals surface area contributed by atoms with Crippen molar-refractivity contribution >= 4 is 65.9 Å². The van der Waals surface area contributed by atoms with Crippen molar-refractivity contribution in [2.75, 3.05) is 0 Å². The minimum atomic E-state index is -0.316. The van der Waals surface area contributed by atoms with Crippen LogP contribution in [0.3, 0.4) is 0 Å². The first-order valence-electron chi connectivity index (χ1n) is 16.6. The van der Waals surface area contributed by atoms with E-state index in [0.29, 0.717) is 5.84 Å². The molecule has 8 aromatic carbocycles. The number of nitrogens with one attached hydrogen (secondary N) is 1. The zero-order valence-corrected chi connectivity index (χ0v) is 26.5. The number of furan rings is 1. The molecular weight excluding hydrogens is 599 g/mol. The topological polar surface area (TPSA) is 49.9 Å². The Labute approximate surface area is 282 Å². The summed E-state index contributed by atoms with van der Waals surface area (Å²) < 4.78 is 6.72. The molecule has 0 spiro atoms. The molecule has 4 nitrogen and oxygen atoms in total. The van der Waals surface area contributed by atoms with Crippen LogP contribution >= 0.6 is 0 Å². The average molecular weight is 628 g/mol. The van der Waals surface area contributed by atoms with Gasteiger partial charge >= 0.3 is 0 Å². The summed E-state index contributed by atoms with van der Waals surface area (Å²) in [5.41, 5.74) is 6.88. The lowest BCUT2D eigenvalue weighted by Crippen LogP contribution is -2.33. The molecule has 1 N–H and O–H groups in total. The van der Waals surface area contributed by atoms with E-state index in [1.807, 2.05) is 30.3 Å². The molecule has 0 amide bonds. The van der Waals surface area contributed by atoms with Crippen LogP contribution in [-0.2, 0) is 0 Å². The number of aliphatic imine (C=N–C) groups is 2. The highest BCUT2D eigenvalue weighted by Gasteiger charge is 2.24. The molecule has 0 radical (unpaired) electrons. The van der Waals surface area contributed by atoms with Gasteiger partial charge in [-0.15, -0.1) is 0 Å². The van der Waals surface area contributed by atoms with E-state index in [-0.39, 0.29) is 6.17 Å². The van der Waals surface area contributed by atoms with Gasteiger partial charge < -0.3 is 9.73 Å². The molecule has 0 saturated carbocycles. The van der Waals surface area contributed by atoms with E-state index in [1.54, 1.807) is 0 Å². The van der Waals surface area contributed by atoms with Gasteiger partial charge in [-0.05, 0) is 61.6 Å². The zero-order chi connectivity index (χ0) is 32.3. The highest BCUT2D eigenvalue weighted by atomic mass is 16.3. The van der Waals surface area contributed by atoms with Crippen molar-refractivity contribution in [2.45, 2.75) is 6.17 Å². The summed E-state index contributed by atoms with van der Waals surface area (Å²) in [6, 6.07) is 57.5. The van der Waals surface area contributed by atoms with Gasteiger partial charge in [0.05, 0.1) is 0 Å². The normalized spacial score (nSPS) is 14.7. The largest absolute Gasteiger partial charge is 0.455 e. The van der Waals surface area contributed by atoms with E-state index in [0.717, 1.165) is 55.6 Å². The van der Waals surface area contributed by atoms with Crippen LogP contribution in [0, 0.1) is 0 Å². The minimum Gasteiger partial charge on any atom is -0.455 e. The van der Waals surface area contributed by atoms with Crippen LogP contribution in [0.5, 0.6) is 0 Å². The van der Waals surface area contributed by atoms with Gasteiger partial charge in [-0.2, -0.15) is 0 Å². The lowest BCUT2D eigenvalue weighted by atomic mass is 9.96. The van der Waals surface area contributed by atoms with E-state index in [1.165, 1.54) is 32.3 Å². The van der Waals surface area contributed by atoms with Gasteiger partial charge in [-0.1, -0.05) is 146 Å². The van der Waals surface area contributed by atoms with Crippen molar-refractivity contribution in [3.63, 3.8) is 0 Å². The second-order valence-electron chi connectivity index (χ2n) is 12.6. The first kappa shape index (κ1) is 27.6. The summed E-state index contributed by atoms with van der Waals surface area (Å²) in [6.07, 6.45) is -0.316. The third-order valence-corrected chi connectivity index (χ3v) is 9.70. The molecule has 230 valence electrons. The lowest BCUT2D eigenvalue weighted by Gasteiger charge is -2.24. The van der Waals surface area contributed by atoms with E-state index < -0.39 is 0 Å². The molecule has 1 unspecified atom stereocenters. The monoisotopic (exact) mass is 627 g/mol. The van der Waals surface area contributed by atoms with Gasteiger partial charge in [0, 0.05) is 27.5 Å². The maximum atomic E-state index is 6.72. The second kappa shape index (κ2) is 11.0. The molecule has 49 heavy (non-hydrogen) atoms. The highest BCUT2D eigenvalue weighted by molar-refractivity contribution is 6.23. The first-order valence-corrected chi connectivity index (χ1v) is 16.6. The molecule has 0 fully saturated rings. The second-order valence-corrected chi connectivity index (χ2v) is 12.6. The number of hydrogen-bond acceptors (Lipinski definition) is 4. The SMILES string of the molecule is c1ccc(C2=NC(c3cccc4oc5c(-c6ccc7ccc8ccccc8c7c6)cccc5c34)=NC(c3ccc4ccccc4c3)N2)cc1. The van der Waals surface area contributed by atoms with Crippen molar-refractivity contribution in [2.24, 2.45) is 9.98 Å². The molecule has 9 aromatic rings. The predicted octanol–water partition coefficient (Wildman–Crippen LogP) is 11.2. The Hall–Kier alpha value is -6.52. The number of fused-ring (bicyclic) bond motifs is 7. The Morgan fingerprint density at radius 1 is 0.490 bits per heavy atom. The van der Waals surface area contributed by atoms with Crippen molar-refractivity contribution in [3.8, 4) is 11.1 Å². The van der Waals surface area contributed by atoms with E-state index >= 15 is 0 Å². The molecule has 4 heteroatoms. The third-order valence-electron chi connectivity index (χ3n) is 9.70. The van der Waals surface area contributed by atoms with Crippen molar-refractivity contribution in [1.29, 1.82) is 0 Å². The summed E-state index contributed by atoms with van der Waals surface area (Å²) in [5, 5.41) is 13.0. The molecule has 0 saturated heterocycles. The van der Waals surface area contributed by atoms with Gasteiger partial charge in [0.2, 0.25) is 0 Å². The smallest absolute Gasteiger partial charge is 0.160 e. The Morgan fingerprint density at radius 2 is 1.18 bits per heavy atom. The van der Waals surface area contributed by atoms with E-state index in [9.17, 15) is 0 Å². The maximum Gasteiger partial charge on any atom is 0.160 e. The Bertz CT molecular complexity index is 2810. The minimum absolute atomic E-state index is 0.316. The lowest BCUT2D eigenvalue weighted by molar-refractivity contribution is 0.669. The van der Waals surface area contributed by atoms with Gasteiger partial charge in [0.15, 0.2) is 5.84 Å². The molecule has 1 aromatic heterocycles. The summed E-state index contributed by atoms with van der Waals surface area (Å²) in [4.78, 5) is 10.4. The van der Waals surface area contributed by atoms with E-state index in [2.05, 4.69) is 139 Å². The number of rotatable bonds is 4.